The number of fused-ring (bicyclic) bond motifs is 6. The zero-order valence-corrected chi connectivity index (χ0v) is 13.0. The number of hydrogen-bond acceptors (Lipinski definition) is 1. The standard InChI is InChI=1S/C20H27N/c1-2-7-16-13(5-1)6-3-10-19(16)21-20-12-14-11-18(20)17-9-4-8-15(14)17/h3,6,10,14-15,17-18,20-21H,1-2,4-5,7-9,11-12H2. The highest BCUT2D eigenvalue weighted by Gasteiger charge is 2.53. The minimum atomic E-state index is 0.780. The van der Waals surface area contributed by atoms with E-state index >= 15 is 0 Å². The van der Waals surface area contributed by atoms with Gasteiger partial charge in [0.05, 0.1) is 0 Å². The van der Waals surface area contributed by atoms with Gasteiger partial charge in [0.25, 0.3) is 0 Å². The smallest absolute Gasteiger partial charge is 0.0377 e. The van der Waals surface area contributed by atoms with Crippen molar-refractivity contribution < 1.29 is 0 Å². The number of anilines is 1. The summed E-state index contributed by atoms with van der Waals surface area (Å²) in [6.45, 7) is 0. The molecule has 1 aromatic rings. The topological polar surface area (TPSA) is 12.0 Å². The summed E-state index contributed by atoms with van der Waals surface area (Å²) in [6.07, 6.45) is 12.9. The maximum atomic E-state index is 4.01. The van der Waals surface area contributed by atoms with E-state index in [1.807, 2.05) is 0 Å². The molecular weight excluding hydrogens is 254 g/mol. The van der Waals surface area contributed by atoms with Gasteiger partial charge in [0.15, 0.2) is 0 Å². The first-order valence-corrected chi connectivity index (χ1v) is 9.27. The molecule has 1 heteroatoms. The number of nitrogens with one attached hydrogen (secondary N) is 1. The van der Waals surface area contributed by atoms with Crippen molar-refractivity contribution in [1.82, 2.24) is 0 Å². The lowest BCUT2D eigenvalue weighted by atomic mass is 9.79. The van der Waals surface area contributed by atoms with Crippen LogP contribution in [0.3, 0.4) is 0 Å². The van der Waals surface area contributed by atoms with E-state index in [-0.39, 0.29) is 0 Å². The van der Waals surface area contributed by atoms with Crippen molar-refractivity contribution in [3.05, 3.63) is 29.3 Å². The van der Waals surface area contributed by atoms with Crippen LogP contribution in [-0.4, -0.2) is 6.04 Å². The normalized spacial score (nSPS) is 40.1. The lowest BCUT2D eigenvalue weighted by Crippen LogP contribution is -2.34. The van der Waals surface area contributed by atoms with Gasteiger partial charge >= 0.3 is 0 Å². The minimum Gasteiger partial charge on any atom is -0.382 e. The molecule has 0 amide bonds. The maximum absolute atomic E-state index is 4.01. The number of benzene rings is 1. The molecule has 5 atom stereocenters. The van der Waals surface area contributed by atoms with Crippen LogP contribution < -0.4 is 5.32 Å². The van der Waals surface area contributed by atoms with Crippen molar-refractivity contribution in [2.24, 2.45) is 23.7 Å². The summed E-state index contributed by atoms with van der Waals surface area (Å²) in [6, 6.07) is 7.76. The van der Waals surface area contributed by atoms with Gasteiger partial charge in [-0.3, -0.25) is 0 Å². The van der Waals surface area contributed by atoms with Crippen molar-refractivity contribution in [2.75, 3.05) is 5.32 Å². The Morgan fingerprint density at radius 3 is 2.76 bits per heavy atom. The molecule has 0 aliphatic heterocycles. The van der Waals surface area contributed by atoms with E-state index in [1.54, 1.807) is 17.5 Å². The molecule has 3 fully saturated rings. The first-order chi connectivity index (χ1) is 10.4. The molecule has 0 saturated heterocycles. The molecular formula is C20H27N. The predicted octanol–water partition coefficient (Wildman–Crippen LogP) is 4.80. The molecule has 5 rings (SSSR count). The summed E-state index contributed by atoms with van der Waals surface area (Å²) in [5.74, 6) is 4.22. The first-order valence-electron chi connectivity index (χ1n) is 9.27. The van der Waals surface area contributed by atoms with E-state index in [9.17, 15) is 0 Å². The molecule has 21 heavy (non-hydrogen) atoms. The number of hydrogen-bond donors (Lipinski definition) is 1. The van der Waals surface area contributed by atoms with E-state index < -0.39 is 0 Å². The molecule has 112 valence electrons. The molecule has 0 aromatic heterocycles. The van der Waals surface area contributed by atoms with Crippen LogP contribution in [0.5, 0.6) is 0 Å². The maximum Gasteiger partial charge on any atom is 0.0377 e. The van der Waals surface area contributed by atoms with Crippen molar-refractivity contribution in [3.8, 4) is 0 Å². The fraction of sp³-hybridized carbons (Fsp3) is 0.700. The summed E-state index contributed by atoms with van der Waals surface area (Å²) in [4.78, 5) is 0. The van der Waals surface area contributed by atoms with Crippen LogP contribution in [0.2, 0.25) is 0 Å². The van der Waals surface area contributed by atoms with Crippen LogP contribution in [-0.2, 0) is 12.8 Å². The Labute approximate surface area is 128 Å². The van der Waals surface area contributed by atoms with Gasteiger partial charge < -0.3 is 5.32 Å². The molecule has 0 spiro atoms. The van der Waals surface area contributed by atoms with Gasteiger partial charge in [-0.2, -0.15) is 0 Å². The molecule has 1 N–H and O–H groups in total. The fourth-order valence-corrected chi connectivity index (χ4v) is 6.35. The Morgan fingerprint density at radius 1 is 0.857 bits per heavy atom. The van der Waals surface area contributed by atoms with Crippen molar-refractivity contribution >= 4 is 5.69 Å². The first kappa shape index (κ1) is 12.6. The highest BCUT2D eigenvalue weighted by molar-refractivity contribution is 5.56. The zero-order chi connectivity index (χ0) is 13.8. The second kappa shape index (κ2) is 4.76. The van der Waals surface area contributed by atoms with Gasteiger partial charge in [-0.15, -0.1) is 0 Å². The second-order valence-corrected chi connectivity index (χ2v) is 8.06. The fourth-order valence-electron chi connectivity index (χ4n) is 6.35. The largest absolute Gasteiger partial charge is 0.382 e. The van der Waals surface area contributed by atoms with E-state index in [4.69, 9.17) is 0 Å². The third-order valence-corrected chi connectivity index (χ3v) is 7.17. The van der Waals surface area contributed by atoms with Crippen molar-refractivity contribution in [1.29, 1.82) is 0 Å². The number of rotatable bonds is 2. The highest BCUT2D eigenvalue weighted by atomic mass is 15.0. The van der Waals surface area contributed by atoms with E-state index in [0.29, 0.717) is 0 Å². The Morgan fingerprint density at radius 2 is 1.76 bits per heavy atom. The summed E-state index contributed by atoms with van der Waals surface area (Å²) < 4.78 is 0. The minimum absolute atomic E-state index is 0.780. The lowest BCUT2D eigenvalue weighted by Gasteiger charge is -2.33. The van der Waals surface area contributed by atoms with E-state index in [1.165, 1.54) is 57.1 Å². The molecule has 4 aliphatic carbocycles. The van der Waals surface area contributed by atoms with Crippen LogP contribution in [0.25, 0.3) is 0 Å². The van der Waals surface area contributed by atoms with E-state index in [0.717, 1.165) is 29.7 Å². The van der Waals surface area contributed by atoms with Gasteiger partial charge in [0.2, 0.25) is 0 Å². The average molecular weight is 281 g/mol. The molecule has 5 unspecified atom stereocenters. The summed E-state index contributed by atoms with van der Waals surface area (Å²) in [7, 11) is 0. The SMILES string of the molecule is c1cc2c(c(NC3CC4CC3C3CCCC43)c1)CCCC2. The van der Waals surface area contributed by atoms with Crippen LogP contribution >= 0.6 is 0 Å². The van der Waals surface area contributed by atoms with Gasteiger partial charge in [0, 0.05) is 11.7 Å². The molecule has 1 aromatic carbocycles. The van der Waals surface area contributed by atoms with Gasteiger partial charge in [-0.05, 0) is 92.2 Å². The zero-order valence-electron chi connectivity index (χ0n) is 13.0. The quantitative estimate of drug-likeness (QED) is 0.821. The average Bonchev–Trinajstić information content (AvgIpc) is 3.20. The van der Waals surface area contributed by atoms with E-state index in [2.05, 4.69) is 23.5 Å². The molecule has 3 saturated carbocycles. The second-order valence-electron chi connectivity index (χ2n) is 8.06. The Balaban J connectivity index is 1.39. The molecule has 4 aliphatic rings. The number of aryl methyl sites for hydroxylation is 1. The van der Waals surface area contributed by atoms with Gasteiger partial charge in [-0.1, -0.05) is 18.6 Å². The van der Waals surface area contributed by atoms with Crippen molar-refractivity contribution in [2.45, 2.75) is 63.8 Å². The predicted molar refractivity (Wildman–Crippen MR) is 87.5 cm³/mol. The van der Waals surface area contributed by atoms with Gasteiger partial charge in [-0.25, -0.2) is 0 Å². The van der Waals surface area contributed by atoms with Crippen LogP contribution in [0.15, 0.2) is 18.2 Å². The van der Waals surface area contributed by atoms with Crippen molar-refractivity contribution in [3.63, 3.8) is 0 Å². The van der Waals surface area contributed by atoms with Crippen LogP contribution in [0.4, 0.5) is 5.69 Å². The Bertz CT molecular complexity index is 549. The van der Waals surface area contributed by atoms with Crippen LogP contribution in [0.1, 0.15) is 56.1 Å². The molecule has 1 nitrogen and oxygen atoms in total. The van der Waals surface area contributed by atoms with Gasteiger partial charge in [0.1, 0.15) is 0 Å². The van der Waals surface area contributed by atoms with Crippen LogP contribution in [0, 0.1) is 23.7 Å². The Kier molecular flexibility index (Phi) is 2.85. The molecule has 2 bridgehead atoms. The summed E-state index contributed by atoms with van der Waals surface area (Å²) >= 11 is 0. The third kappa shape index (κ3) is 1.89. The highest BCUT2D eigenvalue weighted by Crippen LogP contribution is 2.59. The Hall–Kier alpha value is -0.980. The lowest BCUT2D eigenvalue weighted by molar-refractivity contribution is 0.243. The molecule has 0 radical (unpaired) electrons. The molecule has 0 heterocycles. The summed E-state index contributed by atoms with van der Waals surface area (Å²) in [5.41, 5.74) is 4.75. The monoisotopic (exact) mass is 281 g/mol. The summed E-state index contributed by atoms with van der Waals surface area (Å²) in [5, 5.41) is 4.01. The third-order valence-electron chi connectivity index (χ3n) is 7.17.